The topological polar surface area (TPSA) is 40.5 Å². The normalized spacial score (nSPS) is 29.9. The smallest absolute Gasteiger partial charge is 0.0625 e. The molecule has 1 aliphatic carbocycles. The van der Waals surface area contributed by atoms with E-state index in [1.165, 1.54) is 5.57 Å². The van der Waals surface area contributed by atoms with Gasteiger partial charge in [0.05, 0.1) is 11.7 Å². The highest BCUT2D eigenvalue weighted by Gasteiger charge is 2.35. The lowest BCUT2D eigenvalue weighted by molar-refractivity contribution is -0.0221. The minimum atomic E-state index is -0.642. The van der Waals surface area contributed by atoms with Gasteiger partial charge >= 0.3 is 0 Å². The zero-order valence-corrected chi connectivity index (χ0v) is 10.3. The van der Waals surface area contributed by atoms with Crippen molar-refractivity contribution < 1.29 is 10.2 Å². The van der Waals surface area contributed by atoms with Crippen LogP contribution in [0.5, 0.6) is 0 Å². The van der Waals surface area contributed by atoms with Gasteiger partial charge in [-0.25, -0.2) is 0 Å². The summed E-state index contributed by atoms with van der Waals surface area (Å²) in [5.41, 5.74) is 0.748. The highest BCUT2D eigenvalue weighted by Crippen LogP contribution is 2.38. The van der Waals surface area contributed by atoms with Crippen molar-refractivity contribution in [3.63, 3.8) is 0 Å². The molecule has 88 valence electrons. The van der Waals surface area contributed by atoms with Crippen LogP contribution in [0.3, 0.4) is 0 Å². The maximum absolute atomic E-state index is 10.1. The van der Waals surface area contributed by atoms with Crippen LogP contribution in [0.2, 0.25) is 0 Å². The Balaban J connectivity index is 2.75. The van der Waals surface area contributed by atoms with Crippen LogP contribution in [-0.4, -0.2) is 21.9 Å². The average molecular weight is 212 g/mol. The van der Waals surface area contributed by atoms with Crippen molar-refractivity contribution in [3.8, 4) is 0 Å². The number of aliphatic hydroxyl groups excluding tert-OH is 1. The molecule has 0 saturated carbocycles. The second-order valence-corrected chi connectivity index (χ2v) is 5.60. The van der Waals surface area contributed by atoms with Gasteiger partial charge in [0.25, 0.3) is 0 Å². The van der Waals surface area contributed by atoms with Crippen LogP contribution in [0.15, 0.2) is 11.6 Å². The summed E-state index contributed by atoms with van der Waals surface area (Å²) in [4.78, 5) is 0. The highest BCUT2D eigenvalue weighted by molar-refractivity contribution is 5.08. The predicted octanol–water partition coefficient (Wildman–Crippen LogP) is 2.50. The Bertz CT molecular complexity index is 235. The summed E-state index contributed by atoms with van der Waals surface area (Å²) in [7, 11) is 0. The lowest BCUT2D eigenvalue weighted by Crippen LogP contribution is -2.38. The minimum absolute atomic E-state index is 0.272. The van der Waals surface area contributed by atoms with Gasteiger partial charge in [0.1, 0.15) is 0 Å². The van der Waals surface area contributed by atoms with Crippen molar-refractivity contribution in [1.82, 2.24) is 0 Å². The van der Waals surface area contributed by atoms with E-state index in [4.69, 9.17) is 0 Å². The maximum Gasteiger partial charge on any atom is 0.0625 e. The molecule has 3 unspecified atom stereocenters. The summed E-state index contributed by atoms with van der Waals surface area (Å²) < 4.78 is 0. The molecule has 2 nitrogen and oxygen atoms in total. The third kappa shape index (κ3) is 3.62. The second kappa shape index (κ2) is 4.67. The molecule has 2 heteroatoms. The molecule has 0 radical (unpaired) electrons. The molecule has 0 amide bonds. The van der Waals surface area contributed by atoms with Crippen molar-refractivity contribution >= 4 is 0 Å². The predicted molar refractivity (Wildman–Crippen MR) is 62.6 cm³/mol. The molecule has 0 fully saturated rings. The first-order chi connectivity index (χ1) is 6.80. The van der Waals surface area contributed by atoms with Gasteiger partial charge in [-0.3, -0.25) is 0 Å². The molecule has 0 heterocycles. The van der Waals surface area contributed by atoms with Gasteiger partial charge in [-0.1, -0.05) is 11.6 Å². The quantitative estimate of drug-likeness (QED) is 0.706. The van der Waals surface area contributed by atoms with Crippen LogP contribution >= 0.6 is 0 Å². The van der Waals surface area contributed by atoms with E-state index in [1.807, 2.05) is 20.8 Å². The Morgan fingerprint density at radius 3 is 2.60 bits per heavy atom. The summed E-state index contributed by atoms with van der Waals surface area (Å²) in [5, 5.41) is 19.6. The molecule has 1 rings (SSSR count). The molecule has 0 aromatic carbocycles. The first-order valence-corrected chi connectivity index (χ1v) is 5.86. The number of aliphatic hydroxyl groups is 2. The Hall–Kier alpha value is -0.340. The van der Waals surface area contributed by atoms with Crippen molar-refractivity contribution in [3.05, 3.63) is 11.6 Å². The van der Waals surface area contributed by atoms with Gasteiger partial charge < -0.3 is 10.2 Å². The van der Waals surface area contributed by atoms with Gasteiger partial charge in [-0.2, -0.15) is 0 Å². The zero-order chi connectivity index (χ0) is 11.6. The van der Waals surface area contributed by atoms with Crippen LogP contribution in [0.1, 0.15) is 47.0 Å². The average Bonchev–Trinajstić information content (AvgIpc) is 1.99. The summed E-state index contributed by atoms with van der Waals surface area (Å²) in [6.45, 7) is 7.72. The van der Waals surface area contributed by atoms with E-state index in [1.54, 1.807) is 0 Å². The van der Waals surface area contributed by atoms with Crippen LogP contribution < -0.4 is 0 Å². The van der Waals surface area contributed by atoms with E-state index in [0.717, 1.165) is 19.3 Å². The molecule has 0 aliphatic heterocycles. The lowest BCUT2D eigenvalue weighted by atomic mass is 9.70. The molecule has 0 aromatic heterocycles. The van der Waals surface area contributed by atoms with Crippen LogP contribution in [0, 0.1) is 11.8 Å². The number of hydrogen-bond acceptors (Lipinski definition) is 2. The number of hydrogen-bond donors (Lipinski definition) is 2. The van der Waals surface area contributed by atoms with Crippen LogP contribution in [-0.2, 0) is 0 Å². The minimum Gasteiger partial charge on any atom is -0.393 e. The second-order valence-electron chi connectivity index (χ2n) is 5.60. The molecule has 1 aliphatic rings. The Morgan fingerprint density at radius 1 is 1.53 bits per heavy atom. The first kappa shape index (κ1) is 12.7. The van der Waals surface area contributed by atoms with Crippen molar-refractivity contribution in [2.75, 3.05) is 0 Å². The van der Waals surface area contributed by atoms with Crippen molar-refractivity contribution in [1.29, 1.82) is 0 Å². The molecule has 3 atom stereocenters. The largest absolute Gasteiger partial charge is 0.393 e. The maximum atomic E-state index is 10.1. The molecular formula is C13H24O2. The lowest BCUT2D eigenvalue weighted by Gasteiger charge is -2.39. The fourth-order valence-electron chi connectivity index (χ4n) is 2.71. The molecule has 0 saturated heterocycles. The van der Waals surface area contributed by atoms with E-state index < -0.39 is 5.60 Å². The van der Waals surface area contributed by atoms with E-state index in [2.05, 4.69) is 13.0 Å². The van der Waals surface area contributed by atoms with Crippen molar-refractivity contribution in [2.45, 2.75) is 58.7 Å². The Morgan fingerprint density at radius 2 is 2.13 bits per heavy atom. The van der Waals surface area contributed by atoms with Gasteiger partial charge in [0.15, 0.2) is 0 Å². The zero-order valence-electron chi connectivity index (χ0n) is 10.3. The van der Waals surface area contributed by atoms with Crippen LogP contribution in [0.25, 0.3) is 0 Å². The molecule has 0 bridgehead atoms. The van der Waals surface area contributed by atoms with Gasteiger partial charge in [-0.05, 0) is 58.8 Å². The molecule has 0 spiro atoms. The highest BCUT2D eigenvalue weighted by atomic mass is 16.3. The van der Waals surface area contributed by atoms with Crippen molar-refractivity contribution in [2.24, 2.45) is 11.8 Å². The molecule has 15 heavy (non-hydrogen) atoms. The molecular weight excluding hydrogens is 188 g/mol. The summed E-state index contributed by atoms with van der Waals surface area (Å²) in [6.07, 6.45) is 4.69. The third-order valence-corrected chi connectivity index (χ3v) is 3.42. The van der Waals surface area contributed by atoms with E-state index in [9.17, 15) is 10.2 Å². The Labute approximate surface area is 93.0 Å². The summed E-state index contributed by atoms with van der Waals surface area (Å²) >= 11 is 0. The fraction of sp³-hybridized carbons (Fsp3) is 0.846. The van der Waals surface area contributed by atoms with E-state index >= 15 is 0 Å². The number of allylic oxidation sites excluding steroid dienone is 2. The summed E-state index contributed by atoms with van der Waals surface area (Å²) in [6, 6.07) is 0. The van der Waals surface area contributed by atoms with E-state index in [0.29, 0.717) is 5.92 Å². The van der Waals surface area contributed by atoms with Gasteiger partial charge in [0.2, 0.25) is 0 Å². The third-order valence-electron chi connectivity index (χ3n) is 3.42. The fourth-order valence-corrected chi connectivity index (χ4v) is 2.71. The first-order valence-electron chi connectivity index (χ1n) is 5.86. The van der Waals surface area contributed by atoms with E-state index in [-0.39, 0.29) is 12.0 Å². The monoisotopic (exact) mass is 212 g/mol. The van der Waals surface area contributed by atoms with Gasteiger partial charge in [0, 0.05) is 0 Å². The molecule has 2 N–H and O–H groups in total. The standard InChI is InChI=1S/C13H24O2/c1-9-5-6-12(13(3,4)15)11(7-9)8-10(2)14/h5,10-12,14-15H,6-8H2,1-4H3. The Kier molecular flexibility index (Phi) is 3.96. The summed E-state index contributed by atoms with van der Waals surface area (Å²) in [5.74, 6) is 0.686. The SMILES string of the molecule is CC1=CCC(C(C)(C)O)C(CC(C)O)C1. The number of rotatable bonds is 3. The van der Waals surface area contributed by atoms with Gasteiger partial charge in [-0.15, -0.1) is 0 Å². The molecule has 0 aromatic rings. The van der Waals surface area contributed by atoms with Crippen LogP contribution in [0.4, 0.5) is 0 Å².